The number of aliphatic carboxylic acids is 1. The van der Waals surface area contributed by atoms with Crippen molar-refractivity contribution < 1.29 is 19.4 Å². The van der Waals surface area contributed by atoms with Crippen LogP contribution in [0.3, 0.4) is 0 Å². The minimum atomic E-state index is -0.743. The first-order valence-corrected chi connectivity index (χ1v) is 8.48. The summed E-state index contributed by atoms with van der Waals surface area (Å²) < 4.78 is 5.26. The Morgan fingerprint density at radius 2 is 1.83 bits per heavy atom. The van der Waals surface area contributed by atoms with E-state index in [-0.39, 0.29) is 23.2 Å². The van der Waals surface area contributed by atoms with Gasteiger partial charge in [0, 0.05) is 17.9 Å². The summed E-state index contributed by atoms with van der Waals surface area (Å²) in [6, 6.07) is 7.88. The molecule has 1 saturated carbocycles. The van der Waals surface area contributed by atoms with Gasteiger partial charge in [-0.2, -0.15) is 0 Å². The molecule has 0 aliphatic heterocycles. The zero-order valence-electron chi connectivity index (χ0n) is 14.7. The van der Waals surface area contributed by atoms with E-state index in [0.717, 1.165) is 11.3 Å². The molecule has 0 saturated heterocycles. The Labute approximate surface area is 143 Å². The van der Waals surface area contributed by atoms with Crippen molar-refractivity contribution in [1.82, 2.24) is 5.32 Å². The number of hydrogen-bond acceptors (Lipinski definition) is 3. The maximum Gasteiger partial charge on any atom is 0.306 e. The van der Waals surface area contributed by atoms with Crippen molar-refractivity contribution in [2.45, 2.75) is 44.9 Å². The van der Waals surface area contributed by atoms with E-state index in [0.29, 0.717) is 32.2 Å². The molecule has 132 valence electrons. The van der Waals surface area contributed by atoms with E-state index in [1.165, 1.54) is 0 Å². The predicted octanol–water partition coefficient (Wildman–Crippen LogP) is 2.98. The molecule has 0 atom stereocenters. The second-order valence-electron chi connectivity index (χ2n) is 7.22. The zero-order chi connectivity index (χ0) is 17.7. The van der Waals surface area contributed by atoms with Crippen LogP contribution in [-0.2, 0) is 15.0 Å². The number of carbonyl (C=O) groups excluding carboxylic acids is 1. The van der Waals surface area contributed by atoms with Crippen LogP contribution in [0.2, 0.25) is 0 Å². The van der Waals surface area contributed by atoms with Gasteiger partial charge in [-0.3, -0.25) is 9.59 Å². The smallest absolute Gasteiger partial charge is 0.306 e. The topological polar surface area (TPSA) is 75.6 Å². The number of hydrogen-bond donors (Lipinski definition) is 2. The van der Waals surface area contributed by atoms with E-state index in [1.807, 2.05) is 24.3 Å². The molecular formula is C19H27NO4. The van der Waals surface area contributed by atoms with Gasteiger partial charge in [0.25, 0.3) is 0 Å². The standard InChI is InChI=1S/C19H27NO4/c1-19(2,15-5-4-6-16(11-15)24-3)12-20-17(21)13-7-9-14(10-8-13)18(22)23/h4-6,11,13-14H,7-10,12H2,1-3H3,(H,20,21)(H,22,23). The molecule has 0 radical (unpaired) electrons. The van der Waals surface area contributed by atoms with Crippen molar-refractivity contribution >= 4 is 11.9 Å². The fourth-order valence-corrected chi connectivity index (χ4v) is 3.20. The van der Waals surface area contributed by atoms with Gasteiger partial charge in [-0.15, -0.1) is 0 Å². The summed E-state index contributed by atoms with van der Waals surface area (Å²) in [5.74, 6) is -0.259. The number of nitrogens with one attached hydrogen (secondary N) is 1. The van der Waals surface area contributed by atoms with Crippen LogP contribution in [0.1, 0.15) is 45.1 Å². The van der Waals surface area contributed by atoms with Crippen LogP contribution in [0.15, 0.2) is 24.3 Å². The van der Waals surface area contributed by atoms with Crippen molar-refractivity contribution in [1.29, 1.82) is 0 Å². The third-order valence-corrected chi connectivity index (χ3v) is 5.00. The summed E-state index contributed by atoms with van der Waals surface area (Å²) >= 11 is 0. The average Bonchev–Trinajstić information content (AvgIpc) is 2.60. The number of carbonyl (C=O) groups is 2. The van der Waals surface area contributed by atoms with Crippen molar-refractivity contribution in [3.8, 4) is 5.75 Å². The van der Waals surface area contributed by atoms with Gasteiger partial charge in [0.15, 0.2) is 0 Å². The molecule has 5 heteroatoms. The molecule has 5 nitrogen and oxygen atoms in total. The molecule has 1 aromatic carbocycles. The molecule has 1 aliphatic carbocycles. The third-order valence-electron chi connectivity index (χ3n) is 5.00. The first kappa shape index (κ1) is 18.3. The lowest BCUT2D eigenvalue weighted by molar-refractivity contribution is -0.144. The van der Waals surface area contributed by atoms with Crippen LogP contribution in [0.25, 0.3) is 0 Å². The third kappa shape index (κ3) is 4.49. The minimum Gasteiger partial charge on any atom is -0.497 e. The van der Waals surface area contributed by atoms with E-state index < -0.39 is 5.97 Å². The molecule has 0 aromatic heterocycles. The van der Waals surface area contributed by atoms with E-state index in [2.05, 4.69) is 19.2 Å². The minimum absolute atomic E-state index is 0.0369. The van der Waals surface area contributed by atoms with Gasteiger partial charge in [-0.05, 0) is 43.4 Å². The Bertz CT molecular complexity index is 589. The summed E-state index contributed by atoms with van der Waals surface area (Å²) in [5, 5.41) is 12.1. The average molecular weight is 333 g/mol. The maximum atomic E-state index is 12.4. The number of methoxy groups -OCH3 is 1. The highest BCUT2D eigenvalue weighted by atomic mass is 16.5. The quantitative estimate of drug-likeness (QED) is 0.839. The molecule has 1 aliphatic rings. The molecule has 0 heterocycles. The fraction of sp³-hybridized carbons (Fsp3) is 0.579. The molecular weight excluding hydrogens is 306 g/mol. The van der Waals surface area contributed by atoms with Crippen molar-refractivity contribution in [2.24, 2.45) is 11.8 Å². The highest BCUT2D eigenvalue weighted by Gasteiger charge is 2.30. The highest BCUT2D eigenvalue weighted by molar-refractivity contribution is 5.79. The van der Waals surface area contributed by atoms with Crippen LogP contribution in [0.4, 0.5) is 0 Å². The van der Waals surface area contributed by atoms with Crippen LogP contribution < -0.4 is 10.1 Å². The summed E-state index contributed by atoms with van der Waals surface area (Å²) in [6.07, 6.45) is 2.49. The molecule has 0 unspecified atom stereocenters. The van der Waals surface area contributed by atoms with E-state index in [4.69, 9.17) is 9.84 Å². The Kier molecular flexibility index (Phi) is 5.86. The summed E-state index contributed by atoms with van der Waals surface area (Å²) in [5.41, 5.74) is 0.902. The largest absolute Gasteiger partial charge is 0.497 e. The fourth-order valence-electron chi connectivity index (χ4n) is 3.20. The number of ether oxygens (including phenoxy) is 1. The second-order valence-corrected chi connectivity index (χ2v) is 7.22. The van der Waals surface area contributed by atoms with E-state index in [1.54, 1.807) is 7.11 Å². The van der Waals surface area contributed by atoms with Crippen LogP contribution in [0.5, 0.6) is 5.75 Å². The molecule has 0 spiro atoms. The number of rotatable bonds is 6. The molecule has 24 heavy (non-hydrogen) atoms. The van der Waals surface area contributed by atoms with Crippen molar-refractivity contribution in [3.05, 3.63) is 29.8 Å². The lowest BCUT2D eigenvalue weighted by atomic mass is 9.81. The summed E-state index contributed by atoms with van der Waals surface area (Å²) in [4.78, 5) is 23.4. The second kappa shape index (κ2) is 7.69. The molecule has 2 rings (SSSR count). The monoisotopic (exact) mass is 333 g/mol. The Morgan fingerprint density at radius 3 is 2.42 bits per heavy atom. The van der Waals surface area contributed by atoms with Gasteiger partial charge in [0.1, 0.15) is 5.75 Å². The molecule has 1 amide bonds. The molecule has 1 aromatic rings. The first-order valence-electron chi connectivity index (χ1n) is 8.48. The summed E-state index contributed by atoms with van der Waals surface area (Å²) in [7, 11) is 1.64. The Hall–Kier alpha value is -2.04. The van der Waals surface area contributed by atoms with Gasteiger partial charge in [-0.25, -0.2) is 0 Å². The maximum absolute atomic E-state index is 12.4. The van der Waals surface area contributed by atoms with E-state index in [9.17, 15) is 9.59 Å². The molecule has 0 bridgehead atoms. The Balaban J connectivity index is 1.89. The molecule has 1 fully saturated rings. The van der Waals surface area contributed by atoms with Gasteiger partial charge in [-0.1, -0.05) is 26.0 Å². The lowest BCUT2D eigenvalue weighted by Gasteiger charge is -2.29. The number of carboxylic acid groups (broad SMARTS) is 1. The van der Waals surface area contributed by atoms with E-state index >= 15 is 0 Å². The normalized spacial score (nSPS) is 21.1. The molecule has 2 N–H and O–H groups in total. The number of benzene rings is 1. The van der Waals surface area contributed by atoms with Crippen LogP contribution in [-0.4, -0.2) is 30.6 Å². The highest BCUT2D eigenvalue weighted by Crippen LogP contribution is 2.30. The zero-order valence-corrected chi connectivity index (χ0v) is 14.7. The number of carboxylic acids is 1. The summed E-state index contributed by atoms with van der Waals surface area (Å²) in [6.45, 7) is 4.71. The predicted molar refractivity (Wildman–Crippen MR) is 92.1 cm³/mol. The SMILES string of the molecule is COc1cccc(C(C)(C)CNC(=O)C2CCC(C(=O)O)CC2)c1. The Morgan fingerprint density at radius 1 is 1.21 bits per heavy atom. The van der Waals surface area contributed by atoms with Crippen LogP contribution in [0, 0.1) is 11.8 Å². The van der Waals surface area contributed by atoms with Gasteiger partial charge < -0.3 is 15.2 Å². The van der Waals surface area contributed by atoms with Crippen molar-refractivity contribution in [2.75, 3.05) is 13.7 Å². The first-order chi connectivity index (χ1) is 11.3. The number of amides is 1. The van der Waals surface area contributed by atoms with Crippen LogP contribution >= 0.6 is 0 Å². The van der Waals surface area contributed by atoms with Crippen molar-refractivity contribution in [3.63, 3.8) is 0 Å². The lowest BCUT2D eigenvalue weighted by Crippen LogP contribution is -2.41. The van der Waals surface area contributed by atoms with Gasteiger partial charge >= 0.3 is 5.97 Å². The van der Waals surface area contributed by atoms with Gasteiger partial charge in [0.2, 0.25) is 5.91 Å². The van der Waals surface area contributed by atoms with Gasteiger partial charge in [0.05, 0.1) is 13.0 Å².